The van der Waals surface area contributed by atoms with Crippen molar-refractivity contribution in [2.24, 2.45) is 5.92 Å². The number of rotatable bonds is 1. The van der Waals surface area contributed by atoms with Crippen LogP contribution in [0.3, 0.4) is 0 Å². The minimum Gasteiger partial charge on any atom is -0.368 e. The van der Waals surface area contributed by atoms with E-state index in [0.29, 0.717) is 11.9 Å². The van der Waals surface area contributed by atoms with Gasteiger partial charge in [0.1, 0.15) is 0 Å². The first-order valence-corrected chi connectivity index (χ1v) is 9.22. The lowest BCUT2D eigenvalue weighted by Crippen LogP contribution is -2.44. The second kappa shape index (κ2) is 5.98. The maximum Gasteiger partial charge on any atom is 0.392 e. The van der Waals surface area contributed by atoms with Gasteiger partial charge >= 0.3 is 6.18 Å². The molecule has 2 aromatic rings. The molecular formula is C16H20F3N5S. The minimum atomic E-state index is -4.16. The number of anilines is 2. The predicted molar refractivity (Wildman–Crippen MR) is 93.1 cm³/mol. The molecule has 0 spiro atoms. The van der Waals surface area contributed by atoms with Crippen LogP contribution in [0.4, 0.5) is 24.9 Å². The van der Waals surface area contributed by atoms with Crippen LogP contribution in [0.15, 0.2) is 0 Å². The third kappa shape index (κ3) is 3.03. The standard InChI is InChI=1S/C16H20F3N5S/c1-23-4-6-24(7-5-23)14-13-12(21-15(20)22-14)10-8-9(16(17,18)19)2-3-11(10)25-13/h9H,2-8H2,1H3,(H2,20,21,22). The monoisotopic (exact) mass is 371 g/mol. The van der Waals surface area contributed by atoms with E-state index in [4.69, 9.17) is 5.73 Å². The number of likely N-dealkylation sites (N-methyl/N-ethyl adjacent to an activating group) is 1. The Morgan fingerprint density at radius 1 is 1.16 bits per heavy atom. The highest BCUT2D eigenvalue weighted by Crippen LogP contribution is 2.44. The molecule has 1 unspecified atom stereocenters. The predicted octanol–water partition coefficient (Wildman–Crippen LogP) is 2.69. The van der Waals surface area contributed by atoms with E-state index in [0.717, 1.165) is 47.1 Å². The molecule has 0 radical (unpaired) electrons. The number of piperazine rings is 1. The van der Waals surface area contributed by atoms with Crippen LogP contribution in [-0.4, -0.2) is 54.3 Å². The molecule has 3 heterocycles. The van der Waals surface area contributed by atoms with E-state index in [1.807, 2.05) is 0 Å². The van der Waals surface area contributed by atoms with Gasteiger partial charge in [0.2, 0.25) is 5.95 Å². The van der Waals surface area contributed by atoms with Crippen LogP contribution >= 0.6 is 11.3 Å². The molecular weight excluding hydrogens is 351 g/mol. The molecule has 1 atom stereocenters. The van der Waals surface area contributed by atoms with Crippen molar-refractivity contribution in [2.45, 2.75) is 25.4 Å². The number of thiophene rings is 1. The Kier molecular flexibility index (Phi) is 4.03. The molecule has 1 fully saturated rings. The zero-order valence-electron chi connectivity index (χ0n) is 13.9. The summed E-state index contributed by atoms with van der Waals surface area (Å²) in [5, 5.41) is 0. The van der Waals surface area contributed by atoms with Crippen molar-refractivity contribution in [3.05, 3.63) is 10.4 Å². The molecule has 9 heteroatoms. The number of nitrogen functional groups attached to an aromatic ring is 1. The number of nitrogens with two attached hydrogens (primary N) is 1. The Balaban J connectivity index is 1.76. The third-order valence-electron chi connectivity index (χ3n) is 5.15. The Labute approximate surface area is 147 Å². The van der Waals surface area contributed by atoms with Crippen molar-refractivity contribution in [1.29, 1.82) is 0 Å². The van der Waals surface area contributed by atoms with Gasteiger partial charge in [0.25, 0.3) is 0 Å². The maximum atomic E-state index is 13.2. The van der Waals surface area contributed by atoms with E-state index in [9.17, 15) is 13.2 Å². The molecule has 5 nitrogen and oxygen atoms in total. The highest BCUT2D eigenvalue weighted by Gasteiger charge is 2.42. The van der Waals surface area contributed by atoms with Gasteiger partial charge in [-0.1, -0.05) is 0 Å². The van der Waals surface area contributed by atoms with Crippen LogP contribution in [-0.2, 0) is 12.8 Å². The molecule has 0 saturated carbocycles. The summed E-state index contributed by atoms with van der Waals surface area (Å²) in [5.41, 5.74) is 7.24. The number of hydrogen-bond acceptors (Lipinski definition) is 6. The van der Waals surface area contributed by atoms with E-state index < -0.39 is 12.1 Å². The molecule has 25 heavy (non-hydrogen) atoms. The van der Waals surface area contributed by atoms with Crippen molar-refractivity contribution < 1.29 is 13.2 Å². The largest absolute Gasteiger partial charge is 0.392 e. The van der Waals surface area contributed by atoms with Gasteiger partial charge in [0.05, 0.1) is 16.1 Å². The van der Waals surface area contributed by atoms with Gasteiger partial charge in [-0.05, 0) is 31.9 Å². The number of alkyl halides is 3. The average Bonchev–Trinajstić information content (AvgIpc) is 2.92. The fraction of sp³-hybridized carbons (Fsp3) is 0.625. The van der Waals surface area contributed by atoms with Gasteiger partial charge in [-0.25, -0.2) is 4.98 Å². The lowest BCUT2D eigenvalue weighted by Gasteiger charge is -2.33. The summed E-state index contributed by atoms with van der Waals surface area (Å²) in [5.74, 6) is -0.379. The molecule has 0 amide bonds. The Bertz CT molecular complexity index is 795. The SMILES string of the molecule is CN1CCN(c2nc(N)nc3c4c(sc23)CCC(C(F)(F)F)C4)CC1. The Morgan fingerprint density at radius 3 is 2.56 bits per heavy atom. The average molecular weight is 371 g/mol. The highest BCUT2D eigenvalue weighted by atomic mass is 32.1. The fourth-order valence-electron chi connectivity index (χ4n) is 3.65. The minimum absolute atomic E-state index is 0.00252. The summed E-state index contributed by atoms with van der Waals surface area (Å²) < 4.78 is 40.4. The zero-order chi connectivity index (χ0) is 17.8. The highest BCUT2D eigenvalue weighted by molar-refractivity contribution is 7.19. The molecule has 0 aromatic carbocycles. The summed E-state index contributed by atoms with van der Waals surface area (Å²) in [6.45, 7) is 3.50. The maximum absolute atomic E-state index is 13.2. The van der Waals surface area contributed by atoms with Crippen LogP contribution < -0.4 is 10.6 Å². The van der Waals surface area contributed by atoms with E-state index >= 15 is 0 Å². The van der Waals surface area contributed by atoms with Crippen LogP contribution in [0.1, 0.15) is 16.9 Å². The molecule has 0 bridgehead atoms. The first-order chi connectivity index (χ1) is 11.8. The fourth-order valence-corrected chi connectivity index (χ4v) is 4.95. The van der Waals surface area contributed by atoms with Gasteiger partial charge in [-0.2, -0.15) is 18.2 Å². The van der Waals surface area contributed by atoms with Crippen LogP contribution in [0.2, 0.25) is 0 Å². The van der Waals surface area contributed by atoms with E-state index in [1.165, 1.54) is 11.3 Å². The molecule has 1 saturated heterocycles. The zero-order valence-corrected chi connectivity index (χ0v) is 14.8. The number of fused-ring (bicyclic) bond motifs is 3. The van der Waals surface area contributed by atoms with Crippen LogP contribution in [0.25, 0.3) is 10.2 Å². The number of hydrogen-bond donors (Lipinski definition) is 1. The number of halogens is 3. The first-order valence-electron chi connectivity index (χ1n) is 8.41. The molecule has 2 aliphatic rings. The van der Waals surface area contributed by atoms with Crippen molar-refractivity contribution in [2.75, 3.05) is 43.9 Å². The lowest BCUT2D eigenvalue weighted by molar-refractivity contribution is -0.176. The Hall–Kier alpha value is -1.61. The first kappa shape index (κ1) is 16.8. The van der Waals surface area contributed by atoms with Crippen LogP contribution in [0.5, 0.6) is 0 Å². The van der Waals surface area contributed by atoms with Crippen LogP contribution in [0, 0.1) is 5.92 Å². The number of aromatic nitrogens is 2. The lowest BCUT2D eigenvalue weighted by atomic mass is 9.87. The van der Waals surface area contributed by atoms with E-state index in [-0.39, 0.29) is 18.8 Å². The van der Waals surface area contributed by atoms with Gasteiger partial charge in [0, 0.05) is 31.1 Å². The third-order valence-corrected chi connectivity index (χ3v) is 6.43. The molecule has 1 aliphatic heterocycles. The molecule has 2 aromatic heterocycles. The summed E-state index contributed by atoms with van der Waals surface area (Å²) in [6.07, 6.45) is -3.57. The second-order valence-electron chi connectivity index (χ2n) is 6.86. The quantitative estimate of drug-likeness (QED) is 0.835. The van der Waals surface area contributed by atoms with Crippen molar-refractivity contribution >= 4 is 33.3 Å². The summed E-state index contributed by atoms with van der Waals surface area (Å²) in [4.78, 5) is 14.1. The molecule has 136 valence electrons. The van der Waals surface area contributed by atoms with E-state index in [1.54, 1.807) is 0 Å². The van der Waals surface area contributed by atoms with Gasteiger partial charge in [0.15, 0.2) is 5.82 Å². The summed E-state index contributed by atoms with van der Waals surface area (Å²) >= 11 is 1.54. The number of nitrogens with zero attached hydrogens (tertiary/aromatic N) is 4. The summed E-state index contributed by atoms with van der Waals surface area (Å²) in [6, 6.07) is 0. The van der Waals surface area contributed by atoms with Gasteiger partial charge in [-0.3, -0.25) is 0 Å². The topological polar surface area (TPSA) is 58.3 Å². The molecule has 4 rings (SSSR count). The second-order valence-corrected chi connectivity index (χ2v) is 7.96. The van der Waals surface area contributed by atoms with Gasteiger partial charge < -0.3 is 15.5 Å². The summed E-state index contributed by atoms with van der Waals surface area (Å²) in [7, 11) is 2.07. The van der Waals surface area contributed by atoms with Crippen molar-refractivity contribution in [3.63, 3.8) is 0 Å². The molecule has 1 aliphatic carbocycles. The van der Waals surface area contributed by atoms with Crippen molar-refractivity contribution in [1.82, 2.24) is 14.9 Å². The van der Waals surface area contributed by atoms with Crippen molar-refractivity contribution in [3.8, 4) is 0 Å². The normalized spacial score (nSPS) is 22.4. The number of aryl methyl sites for hydroxylation is 1. The molecule has 2 N–H and O–H groups in total. The van der Waals surface area contributed by atoms with Gasteiger partial charge in [-0.15, -0.1) is 11.3 Å². The Morgan fingerprint density at radius 2 is 1.88 bits per heavy atom. The van der Waals surface area contributed by atoms with E-state index in [2.05, 4.69) is 26.8 Å². The smallest absolute Gasteiger partial charge is 0.368 e.